The standard InChI is InChI=1S/C23H23ClN2O4/c1-4-6-17-11-16(12-19-22(27)26(5-2)23(28)25-19)13-20(29-3)21(17)30-14-15-7-9-18(24)10-8-15/h4,7-13H,1,5-6,14H2,2-3H3,(H,25,28)/b19-12+. The maximum Gasteiger partial charge on any atom is 0.328 e. The Labute approximate surface area is 180 Å². The summed E-state index contributed by atoms with van der Waals surface area (Å²) in [7, 11) is 1.56. The molecule has 1 fully saturated rings. The van der Waals surface area contributed by atoms with E-state index in [1.54, 1.807) is 32.3 Å². The number of carbonyl (C=O) groups excluding carboxylic acids is 2. The van der Waals surface area contributed by atoms with Gasteiger partial charge in [-0.3, -0.25) is 9.69 Å². The third-order valence-electron chi connectivity index (χ3n) is 4.62. The summed E-state index contributed by atoms with van der Waals surface area (Å²) in [5.74, 6) is 0.778. The molecule has 1 heterocycles. The third kappa shape index (κ3) is 4.66. The minimum absolute atomic E-state index is 0.225. The minimum Gasteiger partial charge on any atom is -0.493 e. The van der Waals surface area contributed by atoms with E-state index in [0.29, 0.717) is 41.7 Å². The smallest absolute Gasteiger partial charge is 0.328 e. The summed E-state index contributed by atoms with van der Waals surface area (Å²) in [6.07, 6.45) is 3.95. The molecule has 1 N–H and O–H groups in total. The van der Waals surface area contributed by atoms with E-state index < -0.39 is 6.03 Å². The molecule has 6 nitrogen and oxygen atoms in total. The Hall–Kier alpha value is -3.25. The van der Waals surface area contributed by atoms with Crippen molar-refractivity contribution in [2.45, 2.75) is 20.0 Å². The van der Waals surface area contributed by atoms with Crippen LogP contribution in [0.3, 0.4) is 0 Å². The van der Waals surface area contributed by atoms with Gasteiger partial charge in [0, 0.05) is 17.1 Å². The van der Waals surface area contributed by atoms with Crippen molar-refractivity contribution in [1.29, 1.82) is 0 Å². The van der Waals surface area contributed by atoms with Crippen molar-refractivity contribution in [1.82, 2.24) is 10.2 Å². The van der Waals surface area contributed by atoms with Crippen molar-refractivity contribution in [2.75, 3.05) is 13.7 Å². The Kier molecular flexibility index (Phi) is 6.79. The van der Waals surface area contributed by atoms with Crippen molar-refractivity contribution in [2.24, 2.45) is 0 Å². The fraction of sp³-hybridized carbons (Fsp3) is 0.217. The summed E-state index contributed by atoms with van der Waals surface area (Å²) in [5, 5.41) is 3.27. The zero-order chi connectivity index (χ0) is 21.7. The highest BCUT2D eigenvalue weighted by Crippen LogP contribution is 2.35. The number of nitrogens with one attached hydrogen (secondary N) is 1. The predicted octanol–water partition coefficient (Wildman–Crippen LogP) is 4.57. The molecule has 0 aliphatic carbocycles. The Balaban J connectivity index is 1.92. The van der Waals surface area contributed by atoms with Gasteiger partial charge in [0.1, 0.15) is 12.3 Å². The second-order valence-corrected chi connectivity index (χ2v) is 7.09. The van der Waals surface area contributed by atoms with Crippen molar-refractivity contribution in [3.63, 3.8) is 0 Å². The topological polar surface area (TPSA) is 67.9 Å². The van der Waals surface area contributed by atoms with E-state index in [9.17, 15) is 9.59 Å². The van der Waals surface area contributed by atoms with Crippen LogP contribution in [-0.4, -0.2) is 30.5 Å². The van der Waals surface area contributed by atoms with Gasteiger partial charge in [-0.15, -0.1) is 6.58 Å². The molecule has 1 saturated heterocycles. The zero-order valence-electron chi connectivity index (χ0n) is 16.9. The highest BCUT2D eigenvalue weighted by atomic mass is 35.5. The largest absolute Gasteiger partial charge is 0.493 e. The van der Waals surface area contributed by atoms with Crippen molar-refractivity contribution in [3.8, 4) is 11.5 Å². The van der Waals surface area contributed by atoms with Crippen LogP contribution in [0.1, 0.15) is 23.6 Å². The second kappa shape index (κ2) is 9.50. The Bertz CT molecular complexity index is 999. The van der Waals surface area contributed by atoms with Gasteiger partial charge in [0.2, 0.25) is 0 Å². The first-order chi connectivity index (χ1) is 14.5. The fourth-order valence-electron chi connectivity index (χ4n) is 3.15. The number of hydrogen-bond donors (Lipinski definition) is 1. The summed E-state index contributed by atoms with van der Waals surface area (Å²) < 4.78 is 11.6. The van der Waals surface area contributed by atoms with Gasteiger partial charge in [0.15, 0.2) is 11.5 Å². The number of carbonyl (C=O) groups is 2. The maximum absolute atomic E-state index is 12.4. The summed E-state index contributed by atoms with van der Waals surface area (Å²) in [6.45, 7) is 6.22. The number of amides is 3. The van der Waals surface area contributed by atoms with Crippen LogP contribution in [0, 0.1) is 0 Å². The Morgan fingerprint density at radius 2 is 1.93 bits per heavy atom. The molecule has 0 aromatic heterocycles. The molecular weight excluding hydrogens is 404 g/mol. The van der Waals surface area contributed by atoms with Crippen LogP contribution in [0.25, 0.3) is 6.08 Å². The number of nitrogens with zero attached hydrogens (tertiary/aromatic N) is 1. The number of rotatable bonds is 8. The zero-order valence-corrected chi connectivity index (χ0v) is 17.7. The van der Waals surface area contributed by atoms with E-state index in [0.717, 1.165) is 16.0 Å². The molecule has 0 atom stereocenters. The number of urea groups is 1. The van der Waals surface area contributed by atoms with Gasteiger partial charge in [-0.1, -0.05) is 29.8 Å². The number of hydrogen-bond acceptors (Lipinski definition) is 4. The van der Waals surface area contributed by atoms with Gasteiger partial charge >= 0.3 is 6.03 Å². The minimum atomic E-state index is -0.421. The molecule has 0 radical (unpaired) electrons. The van der Waals surface area contributed by atoms with E-state index in [2.05, 4.69) is 11.9 Å². The number of ether oxygens (including phenoxy) is 2. The normalized spacial score (nSPS) is 14.8. The lowest BCUT2D eigenvalue weighted by atomic mass is 10.0. The van der Waals surface area contributed by atoms with E-state index in [1.807, 2.05) is 30.3 Å². The van der Waals surface area contributed by atoms with Crippen LogP contribution in [-0.2, 0) is 17.8 Å². The van der Waals surface area contributed by atoms with Crippen LogP contribution in [0.2, 0.25) is 5.02 Å². The highest BCUT2D eigenvalue weighted by molar-refractivity contribution is 6.30. The SMILES string of the molecule is C=CCc1cc(/C=C2/NC(=O)N(CC)C2=O)cc(OC)c1OCc1ccc(Cl)cc1. The lowest BCUT2D eigenvalue weighted by Gasteiger charge is -2.16. The van der Waals surface area contributed by atoms with E-state index in [4.69, 9.17) is 21.1 Å². The molecule has 0 bridgehead atoms. The number of benzene rings is 2. The lowest BCUT2D eigenvalue weighted by Crippen LogP contribution is -2.30. The number of methoxy groups -OCH3 is 1. The van der Waals surface area contributed by atoms with Crippen LogP contribution >= 0.6 is 11.6 Å². The average molecular weight is 427 g/mol. The van der Waals surface area contributed by atoms with E-state index in [1.165, 1.54) is 0 Å². The van der Waals surface area contributed by atoms with Crippen molar-refractivity contribution < 1.29 is 19.1 Å². The van der Waals surface area contributed by atoms with Gasteiger partial charge in [-0.25, -0.2) is 4.79 Å². The van der Waals surface area contributed by atoms with Crippen molar-refractivity contribution >= 4 is 29.6 Å². The molecular formula is C23H23ClN2O4. The van der Waals surface area contributed by atoms with Crippen LogP contribution in [0.15, 0.2) is 54.8 Å². The maximum atomic E-state index is 12.4. The third-order valence-corrected chi connectivity index (χ3v) is 4.88. The van der Waals surface area contributed by atoms with E-state index >= 15 is 0 Å². The quantitative estimate of drug-likeness (QED) is 0.381. The Morgan fingerprint density at radius 1 is 1.20 bits per heavy atom. The van der Waals surface area contributed by atoms with Gasteiger partial charge in [0.25, 0.3) is 5.91 Å². The molecule has 156 valence electrons. The first-order valence-corrected chi connectivity index (χ1v) is 9.88. The molecule has 2 aromatic rings. The summed E-state index contributed by atoms with van der Waals surface area (Å²) in [5.41, 5.74) is 2.76. The number of allylic oxidation sites excluding steroid dienone is 1. The Morgan fingerprint density at radius 3 is 2.53 bits per heavy atom. The van der Waals surface area contributed by atoms with Crippen molar-refractivity contribution in [3.05, 3.63) is 76.5 Å². The van der Waals surface area contributed by atoms with E-state index in [-0.39, 0.29) is 11.6 Å². The molecule has 2 aromatic carbocycles. The van der Waals surface area contributed by atoms with Crippen LogP contribution in [0.4, 0.5) is 4.79 Å². The van der Waals surface area contributed by atoms with Gasteiger partial charge in [-0.2, -0.15) is 0 Å². The first-order valence-electron chi connectivity index (χ1n) is 9.50. The van der Waals surface area contributed by atoms with Crippen LogP contribution < -0.4 is 14.8 Å². The molecule has 0 saturated carbocycles. The summed E-state index contributed by atoms with van der Waals surface area (Å²) in [6, 6.07) is 10.7. The molecule has 3 amide bonds. The van der Waals surface area contributed by atoms with Gasteiger partial charge in [0.05, 0.1) is 7.11 Å². The monoisotopic (exact) mass is 426 g/mol. The molecule has 0 spiro atoms. The average Bonchev–Trinajstić information content (AvgIpc) is 3.00. The number of likely N-dealkylation sites (N-methyl/N-ethyl adjacent to an activating group) is 1. The number of imide groups is 1. The summed E-state index contributed by atoms with van der Waals surface area (Å²) >= 11 is 5.94. The molecule has 30 heavy (non-hydrogen) atoms. The van der Waals surface area contributed by atoms with Gasteiger partial charge < -0.3 is 14.8 Å². The molecule has 3 rings (SSSR count). The number of halogens is 1. The molecule has 0 unspecified atom stereocenters. The van der Waals surface area contributed by atoms with Gasteiger partial charge in [-0.05, 0) is 54.8 Å². The molecule has 1 aliphatic heterocycles. The first kappa shape index (κ1) is 21.5. The predicted molar refractivity (Wildman–Crippen MR) is 117 cm³/mol. The van der Waals surface area contributed by atoms with Crippen LogP contribution in [0.5, 0.6) is 11.5 Å². The molecule has 1 aliphatic rings. The fourth-order valence-corrected chi connectivity index (χ4v) is 3.28. The second-order valence-electron chi connectivity index (χ2n) is 6.66. The molecule has 7 heteroatoms. The lowest BCUT2D eigenvalue weighted by molar-refractivity contribution is -0.122. The summed E-state index contributed by atoms with van der Waals surface area (Å²) in [4.78, 5) is 25.4. The highest BCUT2D eigenvalue weighted by Gasteiger charge is 2.32.